The molecule has 2 N–H and O–H groups in total. The van der Waals surface area contributed by atoms with Crippen molar-refractivity contribution in [2.45, 2.75) is 77.9 Å². The number of hydrogen-bond acceptors (Lipinski definition) is 7. The van der Waals surface area contributed by atoms with E-state index in [1.54, 1.807) is 36.5 Å². The molecule has 0 unspecified atom stereocenters. The van der Waals surface area contributed by atoms with Crippen molar-refractivity contribution in [3.05, 3.63) is 47.1 Å². The number of halogens is 3. The minimum absolute atomic E-state index is 0.0310. The Kier molecular flexibility index (Phi) is 9.27. The van der Waals surface area contributed by atoms with Gasteiger partial charge in [0.1, 0.15) is 5.41 Å². The number of benzene rings is 1. The van der Waals surface area contributed by atoms with Crippen LogP contribution in [-0.4, -0.2) is 43.5 Å². The number of aromatic hydroxyl groups is 1. The highest BCUT2D eigenvalue weighted by molar-refractivity contribution is 6.33. The van der Waals surface area contributed by atoms with Gasteiger partial charge in [-0.15, -0.1) is 0 Å². The largest absolute Gasteiger partial charge is 0.479 e. The summed E-state index contributed by atoms with van der Waals surface area (Å²) in [4.78, 5) is 29.6. The van der Waals surface area contributed by atoms with Crippen LogP contribution in [-0.2, 0) is 11.3 Å². The molecule has 2 aromatic heterocycles. The quantitative estimate of drug-likeness (QED) is 0.297. The molecule has 2 heterocycles. The lowest BCUT2D eigenvalue weighted by Crippen LogP contribution is -2.46. The van der Waals surface area contributed by atoms with Crippen LogP contribution in [0, 0.1) is 5.41 Å². The fourth-order valence-corrected chi connectivity index (χ4v) is 5.01. The van der Waals surface area contributed by atoms with Gasteiger partial charge in [0.15, 0.2) is 11.6 Å². The van der Waals surface area contributed by atoms with Crippen LogP contribution in [0.5, 0.6) is 11.9 Å². The van der Waals surface area contributed by atoms with Gasteiger partial charge < -0.3 is 15.2 Å². The number of amides is 1. The third-order valence-electron chi connectivity index (χ3n) is 6.98. The summed E-state index contributed by atoms with van der Waals surface area (Å²) in [6.45, 7) is 4.09. The third-order valence-corrected chi connectivity index (χ3v) is 7.31. The molecule has 11 heteroatoms. The standard InChI is InChI=1S/C28H32ClF2N5O3/c1-3-7-17(2)39-22-11-9-19(16-32-22)23-34-24(36-27(38)35-23)20-14-18(8-10-21(20)29)15-33-26(37)28(25(30)31)12-5-4-6-13-28/h8-11,14,16-17,25H,3-7,12-13,15H2,1-2H3,(H,33,37)(H,34,35,36,38)/t17-/m0/s1. The van der Waals surface area contributed by atoms with Crippen molar-refractivity contribution in [3.63, 3.8) is 0 Å². The van der Waals surface area contributed by atoms with Gasteiger partial charge in [0, 0.05) is 29.9 Å². The number of aromatic nitrogens is 4. The summed E-state index contributed by atoms with van der Waals surface area (Å²) < 4.78 is 33.5. The molecule has 0 spiro atoms. The Bertz CT molecular complexity index is 1290. The first-order chi connectivity index (χ1) is 18.7. The van der Waals surface area contributed by atoms with Gasteiger partial charge >= 0.3 is 6.01 Å². The molecule has 0 bridgehead atoms. The van der Waals surface area contributed by atoms with Gasteiger partial charge in [-0.05, 0) is 49.9 Å². The van der Waals surface area contributed by atoms with Crippen LogP contribution in [0.2, 0.25) is 5.02 Å². The molecule has 1 saturated carbocycles. The summed E-state index contributed by atoms with van der Waals surface area (Å²) in [7, 11) is 0. The van der Waals surface area contributed by atoms with E-state index >= 15 is 0 Å². The monoisotopic (exact) mass is 559 g/mol. The van der Waals surface area contributed by atoms with E-state index in [1.807, 2.05) is 6.92 Å². The van der Waals surface area contributed by atoms with Gasteiger partial charge in [0.25, 0.3) is 6.43 Å². The van der Waals surface area contributed by atoms with Crippen molar-refractivity contribution in [3.8, 4) is 34.7 Å². The van der Waals surface area contributed by atoms with E-state index in [4.69, 9.17) is 16.3 Å². The normalized spacial score (nSPS) is 15.6. The SMILES string of the molecule is CCC[C@H](C)Oc1ccc(-c2nc(O)nc(-c3cc(CNC(=O)C4(C(F)F)CCCCC4)ccc3Cl)n2)cn1. The molecule has 1 fully saturated rings. The molecule has 0 saturated heterocycles. The number of ether oxygens (including phenoxy) is 1. The second-order valence-corrected chi connectivity index (χ2v) is 10.3. The number of carbonyl (C=O) groups excluding carboxylic acids is 1. The second-order valence-electron chi connectivity index (χ2n) is 9.90. The predicted molar refractivity (Wildman–Crippen MR) is 144 cm³/mol. The lowest BCUT2D eigenvalue weighted by Gasteiger charge is -2.34. The number of alkyl halides is 2. The Hall–Kier alpha value is -3.40. The summed E-state index contributed by atoms with van der Waals surface area (Å²) in [5, 5.41) is 13.2. The van der Waals surface area contributed by atoms with Crippen molar-refractivity contribution in [1.29, 1.82) is 0 Å². The van der Waals surface area contributed by atoms with E-state index in [-0.39, 0.29) is 37.1 Å². The first-order valence-corrected chi connectivity index (χ1v) is 13.5. The smallest absolute Gasteiger partial charge is 0.318 e. The van der Waals surface area contributed by atoms with E-state index in [1.165, 1.54) is 0 Å². The Morgan fingerprint density at radius 2 is 1.87 bits per heavy atom. The predicted octanol–water partition coefficient (Wildman–Crippen LogP) is 6.36. The molecular formula is C28H32ClF2N5O3. The van der Waals surface area contributed by atoms with Crippen molar-refractivity contribution >= 4 is 17.5 Å². The van der Waals surface area contributed by atoms with E-state index in [0.717, 1.165) is 19.3 Å². The maximum Gasteiger partial charge on any atom is 0.318 e. The van der Waals surface area contributed by atoms with E-state index < -0.39 is 23.8 Å². The Morgan fingerprint density at radius 3 is 2.54 bits per heavy atom. The summed E-state index contributed by atoms with van der Waals surface area (Å²) in [6.07, 6.45) is 3.19. The van der Waals surface area contributed by atoms with Crippen LogP contribution in [0.15, 0.2) is 36.5 Å². The summed E-state index contributed by atoms with van der Waals surface area (Å²) >= 11 is 6.43. The Morgan fingerprint density at radius 1 is 1.13 bits per heavy atom. The fourth-order valence-electron chi connectivity index (χ4n) is 4.81. The topological polar surface area (TPSA) is 110 Å². The Labute approximate surface area is 231 Å². The van der Waals surface area contributed by atoms with Crippen LogP contribution < -0.4 is 10.1 Å². The lowest BCUT2D eigenvalue weighted by atomic mass is 9.73. The first kappa shape index (κ1) is 28.6. The highest BCUT2D eigenvalue weighted by Gasteiger charge is 2.47. The maximum absolute atomic E-state index is 13.9. The van der Waals surface area contributed by atoms with Crippen LogP contribution in [0.4, 0.5) is 8.78 Å². The van der Waals surface area contributed by atoms with E-state index in [0.29, 0.717) is 40.4 Å². The molecule has 208 valence electrons. The van der Waals surface area contributed by atoms with Gasteiger partial charge in [-0.1, -0.05) is 50.3 Å². The van der Waals surface area contributed by atoms with Crippen LogP contribution in [0.1, 0.15) is 64.4 Å². The van der Waals surface area contributed by atoms with Gasteiger partial charge in [-0.25, -0.2) is 18.7 Å². The molecule has 4 rings (SSSR count). The van der Waals surface area contributed by atoms with Crippen molar-refractivity contribution in [1.82, 2.24) is 25.3 Å². The molecule has 1 atom stereocenters. The highest BCUT2D eigenvalue weighted by atomic mass is 35.5. The van der Waals surface area contributed by atoms with Gasteiger partial charge in [0.05, 0.1) is 11.1 Å². The number of pyridine rings is 1. The number of rotatable bonds is 10. The molecule has 0 aliphatic heterocycles. The van der Waals surface area contributed by atoms with Crippen LogP contribution in [0.3, 0.4) is 0 Å². The van der Waals surface area contributed by atoms with Gasteiger partial charge in [-0.3, -0.25) is 4.79 Å². The molecular weight excluding hydrogens is 528 g/mol. The molecule has 0 radical (unpaired) electrons. The van der Waals surface area contributed by atoms with Crippen LogP contribution >= 0.6 is 11.6 Å². The highest BCUT2D eigenvalue weighted by Crippen LogP contribution is 2.41. The molecule has 8 nitrogen and oxygen atoms in total. The average Bonchev–Trinajstić information content (AvgIpc) is 2.93. The third kappa shape index (κ3) is 6.79. The first-order valence-electron chi connectivity index (χ1n) is 13.1. The molecule has 1 aliphatic rings. The summed E-state index contributed by atoms with van der Waals surface area (Å²) in [5.41, 5.74) is -0.0992. The van der Waals surface area contributed by atoms with Crippen molar-refractivity contribution in [2.75, 3.05) is 0 Å². The maximum atomic E-state index is 13.9. The van der Waals surface area contributed by atoms with Crippen LogP contribution in [0.25, 0.3) is 22.8 Å². The van der Waals surface area contributed by atoms with Crippen molar-refractivity contribution < 1.29 is 23.4 Å². The average molecular weight is 560 g/mol. The minimum Gasteiger partial charge on any atom is -0.479 e. The molecule has 1 aromatic carbocycles. The zero-order valence-electron chi connectivity index (χ0n) is 22.0. The van der Waals surface area contributed by atoms with Gasteiger partial charge in [0.2, 0.25) is 11.8 Å². The Balaban J connectivity index is 1.53. The van der Waals surface area contributed by atoms with Gasteiger partial charge in [-0.2, -0.15) is 9.97 Å². The second kappa shape index (κ2) is 12.6. The number of nitrogens with one attached hydrogen (secondary N) is 1. The number of hydrogen-bond donors (Lipinski definition) is 2. The van der Waals surface area contributed by atoms with E-state index in [2.05, 4.69) is 32.2 Å². The van der Waals surface area contributed by atoms with Crippen molar-refractivity contribution in [2.24, 2.45) is 5.41 Å². The zero-order chi connectivity index (χ0) is 28.0. The molecule has 1 aliphatic carbocycles. The zero-order valence-corrected chi connectivity index (χ0v) is 22.7. The minimum atomic E-state index is -2.72. The van der Waals surface area contributed by atoms with E-state index in [9.17, 15) is 18.7 Å². The molecule has 3 aromatic rings. The number of carbonyl (C=O) groups is 1. The summed E-state index contributed by atoms with van der Waals surface area (Å²) in [6, 6.07) is 7.88. The lowest BCUT2D eigenvalue weighted by molar-refractivity contribution is -0.144. The molecule has 39 heavy (non-hydrogen) atoms. The fraction of sp³-hybridized carbons (Fsp3) is 0.464. The number of nitrogens with zero attached hydrogens (tertiary/aromatic N) is 4. The summed E-state index contributed by atoms with van der Waals surface area (Å²) in [5.74, 6) is 0.128. The molecule has 1 amide bonds.